The molecule has 0 radical (unpaired) electrons. The van der Waals surface area contributed by atoms with Crippen LogP contribution in [-0.2, 0) is 15.1 Å². The minimum absolute atomic E-state index is 0.225. The quantitative estimate of drug-likeness (QED) is 0.361. The summed E-state index contributed by atoms with van der Waals surface area (Å²) in [5.41, 5.74) is -0.753. The molecular weight excluding hydrogens is 406 g/mol. The van der Waals surface area contributed by atoms with Gasteiger partial charge in [-0.25, -0.2) is 4.79 Å². The molecule has 1 fully saturated rings. The molecule has 11 nitrogen and oxygen atoms in total. The van der Waals surface area contributed by atoms with Gasteiger partial charge in [-0.15, -0.1) is 0 Å². The van der Waals surface area contributed by atoms with E-state index in [1.165, 1.54) is 62.5 Å². The molecular formula is C20H19N5O6. The van der Waals surface area contributed by atoms with Crippen LogP contribution in [-0.4, -0.2) is 47.2 Å². The van der Waals surface area contributed by atoms with Crippen LogP contribution in [0.25, 0.3) is 0 Å². The molecule has 0 saturated carbocycles. The predicted molar refractivity (Wildman–Crippen MR) is 109 cm³/mol. The second-order valence-corrected chi connectivity index (χ2v) is 6.96. The summed E-state index contributed by atoms with van der Waals surface area (Å²) in [6, 6.07) is 10.7. The van der Waals surface area contributed by atoms with Crippen LogP contribution >= 0.6 is 0 Å². The van der Waals surface area contributed by atoms with Crippen molar-refractivity contribution in [2.24, 2.45) is 0 Å². The number of nitro benzene ring substituents is 1. The number of nitro groups is 1. The van der Waals surface area contributed by atoms with Crippen molar-refractivity contribution in [1.82, 2.24) is 15.5 Å². The lowest BCUT2D eigenvalue weighted by atomic mass is 9.91. The molecule has 3 N–H and O–H groups in total. The minimum atomic E-state index is -1.54. The number of benzene rings is 2. The first-order chi connectivity index (χ1) is 14.7. The Balaban J connectivity index is 1.72. The monoisotopic (exact) mass is 425 g/mol. The van der Waals surface area contributed by atoms with Crippen LogP contribution in [0.2, 0.25) is 0 Å². The average molecular weight is 425 g/mol. The topological polar surface area (TPSA) is 151 Å². The largest absolute Gasteiger partial charge is 0.355 e. The van der Waals surface area contributed by atoms with Gasteiger partial charge in [0.05, 0.1) is 4.92 Å². The van der Waals surface area contributed by atoms with Gasteiger partial charge >= 0.3 is 6.03 Å². The highest BCUT2D eigenvalue weighted by atomic mass is 16.6. The van der Waals surface area contributed by atoms with Crippen LogP contribution < -0.4 is 16.0 Å². The van der Waals surface area contributed by atoms with Gasteiger partial charge in [-0.3, -0.25) is 29.4 Å². The van der Waals surface area contributed by atoms with E-state index in [2.05, 4.69) is 16.0 Å². The maximum Gasteiger partial charge on any atom is 0.325 e. The van der Waals surface area contributed by atoms with Crippen molar-refractivity contribution in [3.05, 3.63) is 69.8 Å². The summed E-state index contributed by atoms with van der Waals surface area (Å²) < 4.78 is 0. The molecule has 3 rings (SSSR count). The molecule has 5 amide bonds. The molecule has 2 aromatic rings. The predicted octanol–water partition coefficient (Wildman–Crippen LogP) is 1.36. The van der Waals surface area contributed by atoms with Gasteiger partial charge in [0, 0.05) is 30.4 Å². The summed E-state index contributed by atoms with van der Waals surface area (Å²) in [5, 5.41) is 18.6. The molecule has 0 bridgehead atoms. The van der Waals surface area contributed by atoms with Gasteiger partial charge < -0.3 is 16.0 Å². The Labute approximate surface area is 176 Å². The van der Waals surface area contributed by atoms with Crippen molar-refractivity contribution in [3.8, 4) is 0 Å². The first-order valence-corrected chi connectivity index (χ1v) is 9.16. The van der Waals surface area contributed by atoms with Crippen LogP contribution in [0.1, 0.15) is 22.8 Å². The lowest BCUT2D eigenvalue weighted by Gasteiger charge is -2.22. The molecule has 1 unspecified atom stereocenters. The summed E-state index contributed by atoms with van der Waals surface area (Å²) in [7, 11) is 1.50. The molecule has 1 saturated heterocycles. The highest BCUT2D eigenvalue weighted by Crippen LogP contribution is 2.30. The van der Waals surface area contributed by atoms with E-state index in [-0.39, 0.29) is 17.2 Å². The maximum atomic E-state index is 12.9. The first kappa shape index (κ1) is 21.4. The molecule has 1 aliphatic heterocycles. The lowest BCUT2D eigenvalue weighted by Crippen LogP contribution is -2.42. The van der Waals surface area contributed by atoms with E-state index in [0.717, 1.165) is 4.90 Å². The first-order valence-electron chi connectivity index (χ1n) is 9.16. The van der Waals surface area contributed by atoms with Crippen LogP contribution in [0.5, 0.6) is 0 Å². The Hall–Kier alpha value is -4.28. The fraction of sp³-hybridized carbons (Fsp3) is 0.200. The molecule has 0 aliphatic carbocycles. The molecule has 0 aromatic heterocycles. The third-order valence-corrected chi connectivity index (χ3v) is 4.87. The van der Waals surface area contributed by atoms with Crippen LogP contribution in [0.4, 0.5) is 16.2 Å². The number of urea groups is 1. The van der Waals surface area contributed by atoms with Crippen LogP contribution in [0, 0.1) is 10.1 Å². The number of anilines is 1. The highest BCUT2D eigenvalue weighted by Gasteiger charge is 2.49. The Bertz CT molecular complexity index is 1080. The number of nitrogens with one attached hydrogen (secondary N) is 3. The van der Waals surface area contributed by atoms with Gasteiger partial charge in [-0.1, -0.05) is 12.1 Å². The van der Waals surface area contributed by atoms with Crippen LogP contribution in [0.15, 0.2) is 48.5 Å². The number of hydrogen-bond acceptors (Lipinski definition) is 6. The van der Waals surface area contributed by atoms with Gasteiger partial charge in [0.2, 0.25) is 5.91 Å². The van der Waals surface area contributed by atoms with E-state index in [0.29, 0.717) is 11.3 Å². The Morgan fingerprint density at radius 3 is 2.45 bits per heavy atom. The number of amides is 5. The van der Waals surface area contributed by atoms with Crippen molar-refractivity contribution in [1.29, 1.82) is 0 Å². The van der Waals surface area contributed by atoms with E-state index < -0.39 is 34.9 Å². The lowest BCUT2D eigenvalue weighted by molar-refractivity contribution is -0.385. The van der Waals surface area contributed by atoms with Gasteiger partial charge in [0.25, 0.3) is 17.5 Å². The molecule has 1 aliphatic rings. The Morgan fingerprint density at radius 1 is 1.16 bits per heavy atom. The Kier molecular flexibility index (Phi) is 5.68. The number of imide groups is 1. The average Bonchev–Trinajstić information content (AvgIpc) is 2.97. The van der Waals surface area contributed by atoms with E-state index in [1.54, 1.807) is 0 Å². The van der Waals surface area contributed by atoms with Gasteiger partial charge in [-0.2, -0.15) is 0 Å². The van der Waals surface area contributed by atoms with Gasteiger partial charge in [-0.05, 0) is 36.8 Å². The molecule has 160 valence electrons. The van der Waals surface area contributed by atoms with E-state index >= 15 is 0 Å². The zero-order valence-corrected chi connectivity index (χ0v) is 16.7. The summed E-state index contributed by atoms with van der Waals surface area (Å²) in [6.07, 6.45) is 0. The number of carbonyl (C=O) groups is 4. The number of carbonyl (C=O) groups excluding carboxylic acids is 4. The Morgan fingerprint density at radius 2 is 1.84 bits per heavy atom. The number of rotatable bonds is 6. The van der Waals surface area contributed by atoms with Crippen molar-refractivity contribution in [3.63, 3.8) is 0 Å². The van der Waals surface area contributed by atoms with Crippen molar-refractivity contribution < 1.29 is 24.1 Å². The zero-order valence-electron chi connectivity index (χ0n) is 16.7. The summed E-state index contributed by atoms with van der Waals surface area (Å²) in [5.74, 6) is -1.61. The van der Waals surface area contributed by atoms with E-state index in [9.17, 15) is 29.3 Å². The second-order valence-electron chi connectivity index (χ2n) is 6.96. The van der Waals surface area contributed by atoms with Crippen molar-refractivity contribution in [2.75, 3.05) is 18.9 Å². The van der Waals surface area contributed by atoms with E-state index in [4.69, 9.17) is 0 Å². The smallest absolute Gasteiger partial charge is 0.325 e. The molecule has 1 atom stereocenters. The molecule has 31 heavy (non-hydrogen) atoms. The maximum absolute atomic E-state index is 12.9. The highest BCUT2D eigenvalue weighted by molar-refractivity contribution is 6.10. The zero-order chi connectivity index (χ0) is 22.8. The fourth-order valence-electron chi connectivity index (χ4n) is 3.16. The second kappa shape index (κ2) is 8.22. The molecule has 11 heteroatoms. The number of hydrogen-bond donors (Lipinski definition) is 3. The minimum Gasteiger partial charge on any atom is -0.355 e. The fourth-order valence-corrected chi connectivity index (χ4v) is 3.16. The third-order valence-electron chi connectivity index (χ3n) is 4.87. The van der Waals surface area contributed by atoms with E-state index in [1.807, 2.05) is 0 Å². The summed E-state index contributed by atoms with van der Waals surface area (Å²) in [6.45, 7) is 0.869. The molecule has 0 spiro atoms. The third kappa shape index (κ3) is 4.20. The summed E-state index contributed by atoms with van der Waals surface area (Å²) in [4.78, 5) is 60.4. The van der Waals surface area contributed by atoms with Crippen LogP contribution in [0.3, 0.4) is 0 Å². The number of nitrogens with zero attached hydrogens (tertiary/aromatic N) is 2. The normalized spacial score (nSPS) is 17.8. The van der Waals surface area contributed by atoms with Gasteiger partial charge in [0.15, 0.2) is 0 Å². The SMILES string of the molecule is CNC(=O)c1ccc(NC(=O)CN2C(=O)NC(C)(c3cccc([N+](=O)[O-])c3)C2=O)cc1. The summed E-state index contributed by atoms with van der Waals surface area (Å²) >= 11 is 0. The van der Waals surface area contributed by atoms with Crippen molar-refractivity contribution in [2.45, 2.75) is 12.5 Å². The molecule has 1 heterocycles. The van der Waals surface area contributed by atoms with Gasteiger partial charge in [0.1, 0.15) is 12.1 Å². The standard InChI is InChI=1S/C20H19N5O6/c1-20(13-4-3-5-15(10-13)25(30)31)18(28)24(19(29)23-20)11-16(26)22-14-8-6-12(7-9-14)17(27)21-2/h3-10H,11H2,1-2H3,(H,21,27)(H,22,26)(H,23,29). The molecule has 2 aromatic carbocycles. The number of non-ortho nitro benzene ring substituents is 1. The van der Waals surface area contributed by atoms with Crippen molar-refractivity contribution >= 4 is 35.1 Å².